The van der Waals surface area contributed by atoms with Crippen molar-refractivity contribution in [3.63, 3.8) is 0 Å². The Bertz CT molecular complexity index is 775. The third-order valence-electron chi connectivity index (χ3n) is 4.66. The Hall–Kier alpha value is -2.69. The van der Waals surface area contributed by atoms with Crippen LogP contribution in [0.3, 0.4) is 0 Å². The van der Waals surface area contributed by atoms with Gasteiger partial charge in [-0.1, -0.05) is 24.3 Å². The van der Waals surface area contributed by atoms with Crippen molar-refractivity contribution in [1.29, 1.82) is 0 Å². The minimum Gasteiger partial charge on any atom is -0.486 e. The van der Waals surface area contributed by atoms with E-state index in [9.17, 15) is 4.79 Å². The highest BCUT2D eigenvalue weighted by Crippen LogP contribution is 2.31. The van der Waals surface area contributed by atoms with Gasteiger partial charge in [-0.05, 0) is 35.7 Å². The summed E-state index contributed by atoms with van der Waals surface area (Å²) in [4.78, 5) is 14.5. The van der Waals surface area contributed by atoms with Gasteiger partial charge in [0.05, 0.1) is 6.42 Å². The molecule has 0 radical (unpaired) electrons. The van der Waals surface area contributed by atoms with Crippen LogP contribution in [-0.4, -0.2) is 38.8 Å². The second kappa shape index (κ2) is 7.05. The summed E-state index contributed by atoms with van der Waals surface area (Å²) in [7, 11) is 0. The van der Waals surface area contributed by atoms with Gasteiger partial charge in [-0.15, -0.1) is 0 Å². The number of nitrogens with zero attached hydrogens (tertiary/aromatic N) is 1. The van der Waals surface area contributed by atoms with Gasteiger partial charge in [-0.3, -0.25) is 4.79 Å². The van der Waals surface area contributed by atoms with Gasteiger partial charge in [-0.25, -0.2) is 0 Å². The molecule has 1 amide bonds. The molecule has 0 spiro atoms. The van der Waals surface area contributed by atoms with Crippen LogP contribution in [0.5, 0.6) is 11.5 Å². The number of carbonyl (C=O) groups is 1. The Morgan fingerprint density at radius 1 is 1.08 bits per heavy atom. The lowest BCUT2D eigenvalue weighted by molar-refractivity contribution is -0.120. The fraction of sp³-hybridized carbons (Fsp3) is 0.350. The number of para-hydroxylation sites is 1. The van der Waals surface area contributed by atoms with Crippen LogP contribution in [-0.2, 0) is 17.6 Å². The van der Waals surface area contributed by atoms with Crippen LogP contribution >= 0.6 is 0 Å². The molecule has 2 heterocycles. The normalized spacial score (nSPS) is 15.0. The maximum absolute atomic E-state index is 12.2. The van der Waals surface area contributed by atoms with Crippen LogP contribution in [0, 0.1) is 0 Å². The van der Waals surface area contributed by atoms with E-state index in [2.05, 4.69) is 34.5 Å². The topological polar surface area (TPSA) is 50.8 Å². The highest BCUT2D eigenvalue weighted by Gasteiger charge is 2.18. The van der Waals surface area contributed by atoms with Crippen molar-refractivity contribution in [2.45, 2.75) is 12.8 Å². The highest BCUT2D eigenvalue weighted by molar-refractivity contribution is 5.78. The molecule has 5 nitrogen and oxygen atoms in total. The molecular formula is C20H22N2O3. The third-order valence-corrected chi connectivity index (χ3v) is 4.66. The average molecular weight is 338 g/mol. The van der Waals surface area contributed by atoms with E-state index in [0.29, 0.717) is 26.2 Å². The van der Waals surface area contributed by atoms with Crippen molar-refractivity contribution in [2.24, 2.45) is 0 Å². The first-order valence-corrected chi connectivity index (χ1v) is 8.78. The monoisotopic (exact) mass is 338 g/mol. The van der Waals surface area contributed by atoms with E-state index < -0.39 is 0 Å². The summed E-state index contributed by atoms with van der Waals surface area (Å²) < 4.78 is 11.1. The number of carbonyl (C=O) groups excluding carboxylic acids is 1. The summed E-state index contributed by atoms with van der Waals surface area (Å²) in [5.41, 5.74) is 3.63. The molecule has 0 atom stereocenters. The van der Waals surface area contributed by atoms with Gasteiger partial charge in [0.15, 0.2) is 11.5 Å². The number of rotatable bonds is 5. The van der Waals surface area contributed by atoms with Crippen LogP contribution in [0.4, 0.5) is 5.69 Å². The van der Waals surface area contributed by atoms with Crippen LogP contribution in [0.1, 0.15) is 11.1 Å². The predicted molar refractivity (Wildman–Crippen MR) is 96.5 cm³/mol. The van der Waals surface area contributed by atoms with Crippen LogP contribution in [0.2, 0.25) is 0 Å². The molecule has 2 aromatic rings. The van der Waals surface area contributed by atoms with Crippen LogP contribution in [0.15, 0.2) is 42.5 Å². The minimum absolute atomic E-state index is 0.0316. The Morgan fingerprint density at radius 2 is 1.92 bits per heavy atom. The predicted octanol–water partition coefficient (Wildman–Crippen LogP) is 2.18. The van der Waals surface area contributed by atoms with Crippen molar-refractivity contribution in [1.82, 2.24) is 5.32 Å². The molecule has 0 unspecified atom stereocenters. The van der Waals surface area contributed by atoms with E-state index in [1.807, 2.05) is 18.2 Å². The molecule has 0 saturated heterocycles. The molecular weight excluding hydrogens is 316 g/mol. The number of hydrogen-bond donors (Lipinski definition) is 1. The number of anilines is 1. The number of amides is 1. The van der Waals surface area contributed by atoms with Gasteiger partial charge in [0.25, 0.3) is 0 Å². The standard InChI is InChI=1S/C20H22N2O3/c23-20(14-15-5-6-18-19(13-15)25-12-11-24-18)21-8-10-22-9-7-16-3-1-2-4-17(16)22/h1-6,13H,7-12,14H2,(H,21,23). The van der Waals surface area contributed by atoms with Gasteiger partial charge in [0, 0.05) is 25.3 Å². The van der Waals surface area contributed by atoms with Gasteiger partial charge in [0.2, 0.25) is 5.91 Å². The molecule has 0 bridgehead atoms. The van der Waals surface area contributed by atoms with Crippen molar-refractivity contribution >= 4 is 11.6 Å². The first-order valence-electron chi connectivity index (χ1n) is 8.78. The quantitative estimate of drug-likeness (QED) is 0.908. The molecule has 0 aliphatic carbocycles. The lowest BCUT2D eigenvalue weighted by Gasteiger charge is -2.20. The lowest BCUT2D eigenvalue weighted by atomic mass is 10.1. The molecule has 1 N–H and O–H groups in total. The minimum atomic E-state index is 0.0316. The Kier molecular flexibility index (Phi) is 4.46. The summed E-state index contributed by atoms with van der Waals surface area (Å²) in [6.07, 6.45) is 1.44. The number of ether oxygens (including phenoxy) is 2. The zero-order valence-corrected chi connectivity index (χ0v) is 14.2. The molecule has 2 aliphatic rings. The molecule has 130 valence electrons. The molecule has 0 aromatic heterocycles. The first-order chi connectivity index (χ1) is 12.3. The Balaban J connectivity index is 1.27. The van der Waals surface area contributed by atoms with E-state index >= 15 is 0 Å². The summed E-state index contributed by atoms with van der Waals surface area (Å²) in [5.74, 6) is 1.51. The van der Waals surface area contributed by atoms with Crippen LogP contribution < -0.4 is 19.7 Å². The number of benzene rings is 2. The van der Waals surface area contributed by atoms with Crippen molar-refractivity contribution in [2.75, 3.05) is 37.7 Å². The van der Waals surface area contributed by atoms with Crippen LogP contribution in [0.25, 0.3) is 0 Å². The van der Waals surface area contributed by atoms with E-state index in [1.165, 1.54) is 11.3 Å². The summed E-state index contributed by atoms with van der Waals surface area (Å²) >= 11 is 0. The molecule has 2 aliphatic heterocycles. The highest BCUT2D eigenvalue weighted by atomic mass is 16.6. The Labute approximate surface area is 147 Å². The van der Waals surface area contributed by atoms with Gasteiger partial charge < -0.3 is 19.7 Å². The molecule has 0 saturated carbocycles. The van der Waals surface area contributed by atoms with Crippen molar-refractivity contribution < 1.29 is 14.3 Å². The summed E-state index contributed by atoms with van der Waals surface area (Å²) in [6.45, 7) is 3.64. The number of fused-ring (bicyclic) bond motifs is 2. The SMILES string of the molecule is O=C(Cc1ccc2c(c1)OCCO2)NCCN1CCc2ccccc21. The first kappa shape index (κ1) is 15.8. The van der Waals surface area contributed by atoms with E-state index in [1.54, 1.807) is 0 Å². The van der Waals surface area contributed by atoms with Crippen molar-refractivity contribution in [3.8, 4) is 11.5 Å². The van der Waals surface area contributed by atoms with Crippen molar-refractivity contribution in [3.05, 3.63) is 53.6 Å². The zero-order valence-electron chi connectivity index (χ0n) is 14.2. The van der Waals surface area contributed by atoms with E-state index in [-0.39, 0.29) is 5.91 Å². The largest absolute Gasteiger partial charge is 0.486 e. The van der Waals surface area contributed by atoms with Gasteiger partial charge in [0.1, 0.15) is 13.2 Å². The number of hydrogen-bond acceptors (Lipinski definition) is 4. The Morgan fingerprint density at radius 3 is 2.84 bits per heavy atom. The summed E-state index contributed by atoms with van der Waals surface area (Å²) in [5, 5.41) is 3.02. The summed E-state index contributed by atoms with van der Waals surface area (Å²) in [6, 6.07) is 14.2. The van der Waals surface area contributed by atoms with E-state index in [4.69, 9.17) is 9.47 Å². The molecule has 0 fully saturated rings. The van der Waals surface area contributed by atoms with E-state index in [0.717, 1.165) is 36.6 Å². The fourth-order valence-electron chi connectivity index (χ4n) is 3.41. The second-order valence-electron chi connectivity index (χ2n) is 6.37. The third kappa shape index (κ3) is 3.55. The zero-order chi connectivity index (χ0) is 17.1. The molecule has 4 rings (SSSR count). The smallest absolute Gasteiger partial charge is 0.224 e. The lowest BCUT2D eigenvalue weighted by Crippen LogP contribution is -2.34. The molecule has 5 heteroatoms. The fourth-order valence-corrected chi connectivity index (χ4v) is 3.41. The van der Waals surface area contributed by atoms with Gasteiger partial charge in [-0.2, -0.15) is 0 Å². The average Bonchev–Trinajstić information content (AvgIpc) is 3.05. The van der Waals surface area contributed by atoms with Gasteiger partial charge >= 0.3 is 0 Å². The number of nitrogens with one attached hydrogen (secondary N) is 1. The maximum atomic E-state index is 12.2. The maximum Gasteiger partial charge on any atom is 0.224 e. The molecule has 25 heavy (non-hydrogen) atoms. The molecule has 2 aromatic carbocycles. The second-order valence-corrected chi connectivity index (χ2v) is 6.37.